The topological polar surface area (TPSA) is 71.3 Å². The molecule has 0 spiro atoms. The molecule has 0 radical (unpaired) electrons. The third-order valence-electron chi connectivity index (χ3n) is 2.76. The second-order valence-corrected chi connectivity index (χ2v) is 5.14. The van der Waals surface area contributed by atoms with Crippen molar-refractivity contribution in [2.24, 2.45) is 0 Å². The van der Waals surface area contributed by atoms with Crippen LogP contribution in [-0.2, 0) is 4.79 Å². The van der Waals surface area contributed by atoms with Crippen molar-refractivity contribution in [3.05, 3.63) is 48.4 Å². The number of carbonyl (C=O) groups excluding carboxylic acids is 2. The smallest absolute Gasteiger partial charge is 0.286 e. The maximum Gasteiger partial charge on any atom is 0.286 e. The number of nitrogens with one attached hydrogen (secondary N) is 2. The standard InChI is InChI=1S/C15H16N2O3S/c1-21-12-6-4-11(5-7-12)17-14(18)8-9-16-15(19)13-3-2-10-20-13/h2-7,10H,8-9H2,1H3,(H,16,19)(H,17,18). The molecule has 0 bridgehead atoms. The largest absolute Gasteiger partial charge is 0.459 e. The van der Waals surface area contributed by atoms with Crippen molar-refractivity contribution in [3.8, 4) is 0 Å². The minimum Gasteiger partial charge on any atom is -0.459 e. The maximum atomic E-state index is 11.7. The first-order valence-corrected chi connectivity index (χ1v) is 7.67. The molecule has 1 aromatic carbocycles. The number of anilines is 1. The van der Waals surface area contributed by atoms with Gasteiger partial charge >= 0.3 is 0 Å². The number of amides is 2. The molecule has 2 rings (SSSR count). The van der Waals surface area contributed by atoms with Crippen LogP contribution in [0.2, 0.25) is 0 Å². The summed E-state index contributed by atoms with van der Waals surface area (Å²) in [5, 5.41) is 5.40. The molecule has 2 N–H and O–H groups in total. The van der Waals surface area contributed by atoms with Crippen molar-refractivity contribution >= 4 is 29.3 Å². The molecule has 1 heterocycles. The Morgan fingerprint density at radius 2 is 1.95 bits per heavy atom. The molecule has 0 fully saturated rings. The van der Waals surface area contributed by atoms with Crippen LogP contribution in [-0.4, -0.2) is 24.6 Å². The Morgan fingerprint density at radius 3 is 2.57 bits per heavy atom. The van der Waals surface area contributed by atoms with Crippen LogP contribution in [0.3, 0.4) is 0 Å². The van der Waals surface area contributed by atoms with Crippen LogP contribution < -0.4 is 10.6 Å². The summed E-state index contributed by atoms with van der Waals surface area (Å²) in [7, 11) is 0. The molecule has 1 aromatic heterocycles. The highest BCUT2D eigenvalue weighted by atomic mass is 32.2. The summed E-state index contributed by atoms with van der Waals surface area (Å²) in [5.74, 6) is -0.230. The van der Waals surface area contributed by atoms with Crippen molar-refractivity contribution in [1.82, 2.24) is 5.32 Å². The summed E-state index contributed by atoms with van der Waals surface area (Å²) < 4.78 is 4.96. The third-order valence-corrected chi connectivity index (χ3v) is 3.50. The van der Waals surface area contributed by atoms with Gasteiger partial charge in [-0.3, -0.25) is 9.59 Å². The highest BCUT2D eigenvalue weighted by molar-refractivity contribution is 7.98. The third kappa shape index (κ3) is 4.68. The fourth-order valence-electron chi connectivity index (χ4n) is 1.68. The summed E-state index contributed by atoms with van der Waals surface area (Å²) in [6.45, 7) is 0.258. The van der Waals surface area contributed by atoms with E-state index in [0.29, 0.717) is 0 Å². The lowest BCUT2D eigenvalue weighted by atomic mass is 10.3. The molecule has 0 unspecified atom stereocenters. The zero-order valence-corrected chi connectivity index (χ0v) is 12.4. The summed E-state index contributed by atoms with van der Waals surface area (Å²) in [6, 6.07) is 10.8. The van der Waals surface area contributed by atoms with Gasteiger partial charge in [0.1, 0.15) is 0 Å². The van der Waals surface area contributed by atoms with E-state index in [1.165, 1.54) is 6.26 Å². The Morgan fingerprint density at radius 1 is 1.19 bits per heavy atom. The Kier molecular flexibility index (Phi) is 5.45. The van der Waals surface area contributed by atoms with Crippen molar-refractivity contribution < 1.29 is 14.0 Å². The summed E-state index contributed by atoms with van der Waals surface area (Å²) >= 11 is 1.64. The van der Waals surface area contributed by atoms with Gasteiger partial charge in [-0.1, -0.05) is 0 Å². The van der Waals surface area contributed by atoms with E-state index in [1.807, 2.05) is 30.5 Å². The van der Waals surface area contributed by atoms with Crippen LogP contribution in [0, 0.1) is 0 Å². The van der Waals surface area contributed by atoms with Crippen molar-refractivity contribution in [3.63, 3.8) is 0 Å². The van der Waals surface area contributed by atoms with Crippen LogP contribution >= 0.6 is 11.8 Å². The molecular weight excluding hydrogens is 288 g/mol. The van der Waals surface area contributed by atoms with E-state index in [4.69, 9.17) is 4.42 Å². The highest BCUT2D eigenvalue weighted by Gasteiger charge is 2.08. The zero-order valence-electron chi connectivity index (χ0n) is 11.6. The monoisotopic (exact) mass is 304 g/mol. The minimum atomic E-state index is -0.322. The van der Waals surface area contributed by atoms with E-state index < -0.39 is 0 Å². The number of thioether (sulfide) groups is 1. The minimum absolute atomic E-state index is 0.147. The van der Waals surface area contributed by atoms with Gasteiger partial charge in [-0.25, -0.2) is 0 Å². The lowest BCUT2D eigenvalue weighted by Crippen LogP contribution is -2.27. The maximum absolute atomic E-state index is 11.7. The van der Waals surface area contributed by atoms with E-state index in [-0.39, 0.29) is 30.5 Å². The fourth-order valence-corrected chi connectivity index (χ4v) is 2.09. The van der Waals surface area contributed by atoms with Gasteiger partial charge in [-0.15, -0.1) is 11.8 Å². The van der Waals surface area contributed by atoms with E-state index in [1.54, 1.807) is 23.9 Å². The second kappa shape index (κ2) is 7.54. The van der Waals surface area contributed by atoms with Crippen LogP contribution in [0.5, 0.6) is 0 Å². The molecule has 0 saturated heterocycles. The van der Waals surface area contributed by atoms with Gasteiger partial charge in [0.25, 0.3) is 5.91 Å². The Hall–Kier alpha value is -2.21. The summed E-state index contributed by atoms with van der Waals surface area (Å²) in [4.78, 5) is 24.5. The number of hydrogen-bond acceptors (Lipinski definition) is 4. The molecule has 0 atom stereocenters. The highest BCUT2D eigenvalue weighted by Crippen LogP contribution is 2.17. The van der Waals surface area contributed by atoms with E-state index in [9.17, 15) is 9.59 Å². The van der Waals surface area contributed by atoms with Gasteiger partial charge in [0, 0.05) is 23.5 Å². The average Bonchev–Trinajstić information content (AvgIpc) is 3.02. The van der Waals surface area contributed by atoms with Crippen LogP contribution in [0.1, 0.15) is 17.0 Å². The van der Waals surface area contributed by atoms with Gasteiger partial charge < -0.3 is 15.1 Å². The second-order valence-electron chi connectivity index (χ2n) is 4.26. The Balaban J connectivity index is 1.73. The lowest BCUT2D eigenvalue weighted by molar-refractivity contribution is -0.116. The van der Waals surface area contributed by atoms with Gasteiger partial charge in [-0.05, 0) is 42.7 Å². The number of rotatable bonds is 6. The van der Waals surface area contributed by atoms with Crippen molar-refractivity contribution in [1.29, 1.82) is 0 Å². The fraction of sp³-hybridized carbons (Fsp3) is 0.200. The molecule has 6 heteroatoms. The van der Waals surface area contributed by atoms with Crippen molar-refractivity contribution in [2.75, 3.05) is 18.1 Å². The molecule has 2 aromatic rings. The van der Waals surface area contributed by atoms with Crippen LogP contribution in [0.25, 0.3) is 0 Å². The van der Waals surface area contributed by atoms with E-state index in [2.05, 4.69) is 10.6 Å². The first kappa shape index (κ1) is 15.2. The molecule has 0 saturated carbocycles. The normalized spacial score (nSPS) is 10.1. The van der Waals surface area contributed by atoms with E-state index in [0.717, 1.165) is 10.6 Å². The predicted molar refractivity (Wildman–Crippen MR) is 82.5 cm³/mol. The zero-order chi connectivity index (χ0) is 15.1. The molecule has 5 nitrogen and oxygen atoms in total. The predicted octanol–water partition coefficient (Wildman–Crippen LogP) is 2.76. The van der Waals surface area contributed by atoms with Crippen LogP contribution in [0.4, 0.5) is 5.69 Å². The van der Waals surface area contributed by atoms with Gasteiger partial charge in [0.15, 0.2) is 5.76 Å². The van der Waals surface area contributed by atoms with Gasteiger partial charge in [0.05, 0.1) is 6.26 Å². The van der Waals surface area contributed by atoms with E-state index >= 15 is 0 Å². The quantitative estimate of drug-likeness (QED) is 0.805. The van der Waals surface area contributed by atoms with Crippen LogP contribution in [0.15, 0.2) is 52.0 Å². The average molecular weight is 304 g/mol. The molecule has 2 amide bonds. The molecular formula is C15H16N2O3S. The molecule has 0 aliphatic carbocycles. The summed E-state index contributed by atoms with van der Waals surface area (Å²) in [6.07, 6.45) is 3.63. The number of carbonyl (C=O) groups is 2. The first-order chi connectivity index (χ1) is 10.2. The molecule has 110 valence electrons. The van der Waals surface area contributed by atoms with Gasteiger partial charge in [-0.2, -0.15) is 0 Å². The Bertz CT molecular complexity index is 594. The molecule has 0 aliphatic heterocycles. The SMILES string of the molecule is CSc1ccc(NC(=O)CCNC(=O)c2ccco2)cc1. The Labute approximate surface area is 127 Å². The number of hydrogen-bond donors (Lipinski definition) is 2. The first-order valence-electron chi connectivity index (χ1n) is 6.44. The number of furan rings is 1. The van der Waals surface area contributed by atoms with Crippen molar-refractivity contribution in [2.45, 2.75) is 11.3 Å². The lowest BCUT2D eigenvalue weighted by Gasteiger charge is -2.06. The molecule has 21 heavy (non-hydrogen) atoms. The number of benzene rings is 1. The molecule has 0 aliphatic rings. The van der Waals surface area contributed by atoms with Gasteiger partial charge in [0.2, 0.25) is 5.91 Å². The summed E-state index contributed by atoms with van der Waals surface area (Å²) in [5.41, 5.74) is 0.746.